The average Bonchev–Trinajstić information content (AvgIpc) is 3.15. The molecule has 0 radical (unpaired) electrons. The third-order valence-electron chi connectivity index (χ3n) is 5.92. The van der Waals surface area contributed by atoms with E-state index in [-0.39, 0.29) is 24.2 Å². The van der Waals surface area contributed by atoms with Gasteiger partial charge in [-0.25, -0.2) is 9.07 Å². The number of aliphatic hydroxyl groups excluding tert-OH is 1. The molecule has 1 aromatic carbocycles. The predicted octanol–water partition coefficient (Wildman–Crippen LogP) is -0.481. The van der Waals surface area contributed by atoms with Crippen LogP contribution < -0.4 is 10.2 Å². The van der Waals surface area contributed by atoms with Gasteiger partial charge in [-0.2, -0.15) is 0 Å². The summed E-state index contributed by atoms with van der Waals surface area (Å²) in [5.74, 6) is 0.259. The van der Waals surface area contributed by atoms with E-state index in [2.05, 4.69) is 15.6 Å². The minimum Gasteiger partial charge on any atom is -0.390 e. The third-order valence-corrected chi connectivity index (χ3v) is 5.92. The van der Waals surface area contributed by atoms with E-state index in [1.165, 1.54) is 17.0 Å². The lowest BCUT2D eigenvalue weighted by Gasteiger charge is -2.46. The molecular weight excluding hydrogens is 349 g/mol. The van der Waals surface area contributed by atoms with Crippen LogP contribution >= 0.6 is 0 Å². The van der Waals surface area contributed by atoms with E-state index in [9.17, 15) is 9.18 Å². The lowest BCUT2D eigenvalue weighted by atomic mass is 9.75. The summed E-state index contributed by atoms with van der Waals surface area (Å²) in [5, 5.41) is 20.1. The number of fused-ring (bicyclic) bond motifs is 3. The molecule has 7 nitrogen and oxygen atoms in total. The molecule has 3 aliphatic heterocycles. The van der Waals surface area contributed by atoms with Gasteiger partial charge >= 0.3 is 0 Å². The van der Waals surface area contributed by atoms with Crippen molar-refractivity contribution in [1.82, 2.24) is 20.3 Å². The van der Waals surface area contributed by atoms with Crippen LogP contribution in [0.4, 0.5) is 4.39 Å². The van der Waals surface area contributed by atoms with Gasteiger partial charge in [0.2, 0.25) is 5.91 Å². The molecule has 4 heterocycles. The maximum Gasteiger partial charge on any atom is 0.229 e. The minimum atomic E-state index is -0.268. The number of hydrogen-bond acceptors (Lipinski definition) is 4. The van der Waals surface area contributed by atoms with Crippen molar-refractivity contribution in [3.8, 4) is 0 Å². The minimum absolute atomic E-state index is 0.0363. The van der Waals surface area contributed by atoms with Gasteiger partial charge in [-0.05, 0) is 23.6 Å². The molecule has 3 saturated heterocycles. The van der Waals surface area contributed by atoms with Gasteiger partial charge in [0, 0.05) is 19.4 Å². The smallest absolute Gasteiger partial charge is 0.229 e. The Balaban J connectivity index is 1.32. The van der Waals surface area contributed by atoms with Crippen molar-refractivity contribution < 1.29 is 19.2 Å². The lowest BCUT2D eigenvalue weighted by Crippen LogP contribution is -3.20. The molecule has 27 heavy (non-hydrogen) atoms. The van der Waals surface area contributed by atoms with Crippen molar-refractivity contribution in [2.45, 2.75) is 38.6 Å². The maximum absolute atomic E-state index is 13.0. The number of aromatic nitrogens is 3. The van der Waals surface area contributed by atoms with Gasteiger partial charge in [0.05, 0.1) is 38.4 Å². The van der Waals surface area contributed by atoms with E-state index >= 15 is 0 Å². The molecule has 2 bridgehead atoms. The number of nitrogens with one attached hydrogen (secondary N) is 2. The second-order valence-electron chi connectivity index (χ2n) is 7.63. The first-order valence-corrected chi connectivity index (χ1v) is 9.49. The van der Waals surface area contributed by atoms with Crippen LogP contribution in [0, 0.1) is 17.7 Å². The molecular formula is C19H25FN5O2+. The molecule has 4 atom stereocenters. The normalized spacial score (nSPS) is 26.9. The molecule has 3 fully saturated rings. The van der Waals surface area contributed by atoms with E-state index < -0.39 is 0 Å². The fraction of sp³-hybridized carbons (Fsp3) is 0.526. The fourth-order valence-corrected chi connectivity index (χ4v) is 4.47. The van der Waals surface area contributed by atoms with Gasteiger partial charge in [-0.15, -0.1) is 5.10 Å². The average molecular weight is 374 g/mol. The van der Waals surface area contributed by atoms with Crippen molar-refractivity contribution >= 4 is 5.91 Å². The Morgan fingerprint density at radius 1 is 1.37 bits per heavy atom. The summed E-state index contributed by atoms with van der Waals surface area (Å²) in [6.45, 7) is 3.03. The highest BCUT2D eigenvalue weighted by molar-refractivity contribution is 5.79. The number of carbonyl (C=O) groups excluding carboxylic acids is 1. The highest BCUT2D eigenvalue weighted by Gasteiger charge is 2.46. The van der Waals surface area contributed by atoms with Crippen LogP contribution in [0.2, 0.25) is 0 Å². The van der Waals surface area contributed by atoms with E-state index in [1.807, 2.05) is 0 Å². The Bertz CT molecular complexity index is 794. The second kappa shape index (κ2) is 7.74. The van der Waals surface area contributed by atoms with E-state index in [0.29, 0.717) is 24.2 Å². The summed E-state index contributed by atoms with van der Waals surface area (Å²) in [7, 11) is 0. The first-order chi connectivity index (χ1) is 13.1. The number of amides is 1. The summed E-state index contributed by atoms with van der Waals surface area (Å²) in [6, 6.07) is 6.66. The number of nitrogens with zero attached hydrogens (tertiary/aromatic N) is 3. The van der Waals surface area contributed by atoms with E-state index in [4.69, 9.17) is 5.11 Å². The number of quaternary nitrogens is 1. The summed E-state index contributed by atoms with van der Waals surface area (Å²) in [4.78, 5) is 14.1. The van der Waals surface area contributed by atoms with E-state index in [0.717, 1.165) is 38.0 Å². The van der Waals surface area contributed by atoms with Crippen LogP contribution in [-0.2, 0) is 24.5 Å². The SMILES string of the molecule is O=C(NCc1ccc(F)cc1)[C@H]1C[NH+]2CC[C@H]1C[C@@H]2Cn1cc(CO)nn1. The van der Waals surface area contributed by atoms with Gasteiger partial charge in [0.15, 0.2) is 0 Å². The van der Waals surface area contributed by atoms with Crippen LogP contribution in [0.3, 0.4) is 0 Å². The molecule has 1 aromatic heterocycles. The molecule has 0 spiro atoms. The highest BCUT2D eigenvalue weighted by atomic mass is 19.1. The summed E-state index contributed by atoms with van der Waals surface area (Å²) < 4.78 is 14.8. The number of piperidine rings is 3. The third kappa shape index (κ3) is 4.01. The zero-order valence-corrected chi connectivity index (χ0v) is 15.1. The topological polar surface area (TPSA) is 84.5 Å². The Labute approximate surface area is 157 Å². The summed E-state index contributed by atoms with van der Waals surface area (Å²) in [5.41, 5.74) is 1.49. The van der Waals surface area contributed by atoms with Crippen LogP contribution in [0.5, 0.6) is 0 Å². The van der Waals surface area contributed by atoms with Gasteiger partial charge < -0.3 is 15.3 Å². The van der Waals surface area contributed by atoms with Crippen molar-refractivity contribution in [3.63, 3.8) is 0 Å². The Morgan fingerprint density at radius 2 is 2.19 bits per heavy atom. The zero-order chi connectivity index (χ0) is 18.8. The summed E-state index contributed by atoms with van der Waals surface area (Å²) in [6.07, 6.45) is 3.85. The molecule has 3 aliphatic rings. The molecule has 2 aromatic rings. The quantitative estimate of drug-likeness (QED) is 0.638. The lowest BCUT2D eigenvalue weighted by molar-refractivity contribution is -0.945. The Kier molecular flexibility index (Phi) is 5.18. The van der Waals surface area contributed by atoms with Crippen LogP contribution in [0.25, 0.3) is 0 Å². The molecule has 0 saturated carbocycles. The Morgan fingerprint density at radius 3 is 2.85 bits per heavy atom. The summed E-state index contributed by atoms with van der Waals surface area (Å²) >= 11 is 0. The monoisotopic (exact) mass is 374 g/mol. The molecule has 1 unspecified atom stereocenters. The number of hydrogen-bond donors (Lipinski definition) is 3. The highest BCUT2D eigenvalue weighted by Crippen LogP contribution is 2.27. The fourth-order valence-electron chi connectivity index (χ4n) is 4.47. The molecule has 5 rings (SSSR count). The molecule has 3 N–H and O–H groups in total. The largest absolute Gasteiger partial charge is 0.390 e. The Hall–Kier alpha value is -2.32. The van der Waals surface area contributed by atoms with Crippen LogP contribution in [-0.4, -0.2) is 45.1 Å². The molecule has 8 heteroatoms. The van der Waals surface area contributed by atoms with Gasteiger partial charge in [0.1, 0.15) is 17.6 Å². The number of halogens is 1. The number of rotatable bonds is 6. The van der Waals surface area contributed by atoms with Crippen LogP contribution in [0.1, 0.15) is 24.1 Å². The first kappa shape index (κ1) is 18.1. The molecule has 1 amide bonds. The van der Waals surface area contributed by atoms with Gasteiger partial charge in [-0.3, -0.25) is 4.79 Å². The zero-order valence-electron chi connectivity index (χ0n) is 15.1. The standard InChI is InChI=1S/C19H24FN5O2/c20-15-3-1-13(2-4-15)8-21-19(27)18-11-24-6-5-14(18)7-17(24)10-25-9-16(12-26)22-23-25/h1-4,9,14,17-18,26H,5-8,10-12H2,(H,21,27)/p+1/t14-,17+,18-/m0/s1. The number of carbonyl (C=O) groups is 1. The second-order valence-corrected chi connectivity index (χ2v) is 7.63. The van der Waals surface area contributed by atoms with Crippen molar-refractivity contribution in [2.24, 2.45) is 11.8 Å². The molecule has 0 aliphatic carbocycles. The maximum atomic E-state index is 13.0. The van der Waals surface area contributed by atoms with Crippen LogP contribution in [0.15, 0.2) is 30.5 Å². The first-order valence-electron chi connectivity index (χ1n) is 9.49. The van der Waals surface area contributed by atoms with Crippen molar-refractivity contribution in [1.29, 1.82) is 0 Å². The van der Waals surface area contributed by atoms with E-state index in [1.54, 1.807) is 23.0 Å². The number of benzene rings is 1. The number of aliphatic hydroxyl groups is 1. The van der Waals surface area contributed by atoms with Crippen molar-refractivity contribution in [3.05, 3.63) is 47.5 Å². The van der Waals surface area contributed by atoms with Crippen molar-refractivity contribution in [2.75, 3.05) is 13.1 Å². The predicted molar refractivity (Wildman–Crippen MR) is 94.9 cm³/mol. The van der Waals surface area contributed by atoms with Gasteiger partial charge in [0.25, 0.3) is 0 Å². The molecule has 144 valence electrons. The van der Waals surface area contributed by atoms with Gasteiger partial charge in [-0.1, -0.05) is 17.3 Å².